The molecule has 4 heteroatoms. The highest BCUT2D eigenvalue weighted by molar-refractivity contribution is 6.31. The van der Waals surface area contributed by atoms with Crippen LogP contribution in [0.3, 0.4) is 0 Å². The number of nitrogens with zero attached hydrogens (tertiary/aromatic N) is 1. The van der Waals surface area contributed by atoms with E-state index in [2.05, 4.69) is 13.8 Å². The summed E-state index contributed by atoms with van der Waals surface area (Å²) in [5.41, 5.74) is 1.80. The molecule has 1 aliphatic heterocycles. The van der Waals surface area contributed by atoms with Gasteiger partial charge in [0.25, 0.3) is 5.91 Å². The molecular weight excluding hydrogens is 226 g/mol. The van der Waals surface area contributed by atoms with Crippen LogP contribution in [0.25, 0.3) is 0 Å². The molecule has 0 atom stereocenters. The SMILES string of the molecule is CC(C)c1cc(Cl)cc2c1OCC(=O)N2C. The summed E-state index contributed by atoms with van der Waals surface area (Å²) in [7, 11) is 1.74. The van der Waals surface area contributed by atoms with E-state index in [0.29, 0.717) is 10.9 Å². The molecular formula is C12H14ClNO2. The molecule has 16 heavy (non-hydrogen) atoms. The van der Waals surface area contributed by atoms with Gasteiger partial charge < -0.3 is 9.64 Å². The average molecular weight is 240 g/mol. The van der Waals surface area contributed by atoms with Gasteiger partial charge in [-0.2, -0.15) is 0 Å². The highest BCUT2D eigenvalue weighted by atomic mass is 35.5. The van der Waals surface area contributed by atoms with Gasteiger partial charge in [-0.15, -0.1) is 0 Å². The van der Waals surface area contributed by atoms with Crippen molar-refractivity contribution in [2.75, 3.05) is 18.6 Å². The molecule has 0 unspecified atom stereocenters. The summed E-state index contributed by atoms with van der Waals surface area (Å²) in [6.45, 7) is 4.25. The molecule has 3 nitrogen and oxygen atoms in total. The van der Waals surface area contributed by atoms with E-state index in [0.717, 1.165) is 17.0 Å². The van der Waals surface area contributed by atoms with Gasteiger partial charge in [0.15, 0.2) is 6.61 Å². The summed E-state index contributed by atoms with van der Waals surface area (Å²) < 4.78 is 5.50. The normalized spacial score (nSPS) is 15.1. The van der Waals surface area contributed by atoms with Crippen molar-refractivity contribution in [2.24, 2.45) is 0 Å². The number of fused-ring (bicyclic) bond motifs is 1. The van der Waals surface area contributed by atoms with E-state index < -0.39 is 0 Å². The van der Waals surface area contributed by atoms with Crippen LogP contribution in [0.4, 0.5) is 5.69 Å². The zero-order valence-corrected chi connectivity index (χ0v) is 10.3. The van der Waals surface area contributed by atoms with Gasteiger partial charge in [0.2, 0.25) is 0 Å². The number of carbonyl (C=O) groups excluding carboxylic acids is 1. The summed E-state index contributed by atoms with van der Waals surface area (Å²) in [6.07, 6.45) is 0. The van der Waals surface area contributed by atoms with Gasteiger partial charge in [-0.05, 0) is 18.1 Å². The van der Waals surface area contributed by atoms with Crippen molar-refractivity contribution in [1.29, 1.82) is 0 Å². The molecule has 2 rings (SSSR count). The number of hydrogen-bond donors (Lipinski definition) is 0. The van der Waals surface area contributed by atoms with Crippen molar-refractivity contribution in [1.82, 2.24) is 0 Å². The third-order valence-electron chi connectivity index (χ3n) is 2.76. The van der Waals surface area contributed by atoms with Crippen LogP contribution in [0.1, 0.15) is 25.3 Å². The van der Waals surface area contributed by atoms with Crippen LogP contribution in [0, 0.1) is 0 Å². The molecule has 0 aliphatic carbocycles. The number of rotatable bonds is 1. The fourth-order valence-corrected chi connectivity index (χ4v) is 2.02. The van der Waals surface area contributed by atoms with Crippen molar-refractivity contribution >= 4 is 23.2 Å². The number of ether oxygens (including phenoxy) is 1. The molecule has 0 N–H and O–H groups in total. The van der Waals surface area contributed by atoms with Gasteiger partial charge in [0, 0.05) is 17.6 Å². The second kappa shape index (κ2) is 3.98. The molecule has 0 saturated carbocycles. The van der Waals surface area contributed by atoms with Crippen molar-refractivity contribution in [3.05, 3.63) is 22.7 Å². The Morgan fingerprint density at radius 2 is 2.12 bits per heavy atom. The van der Waals surface area contributed by atoms with Crippen LogP contribution in [-0.4, -0.2) is 19.6 Å². The van der Waals surface area contributed by atoms with E-state index in [-0.39, 0.29) is 12.5 Å². The zero-order valence-electron chi connectivity index (χ0n) is 9.58. The minimum Gasteiger partial charge on any atom is -0.481 e. The van der Waals surface area contributed by atoms with Crippen LogP contribution in [0.5, 0.6) is 5.75 Å². The van der Waals surface area contributed by atoms with E-state index in [1.165, 1.54) is 0 Å². The van der Waals surface area contributed by atoms with Crippen molar-refractivity contribution in [3.63, 3.8) is 0 Å². The first kappa shape index (κ1) is 11.3. The van der Waals surface area contributed by atoms with Crippen molar-refractivity contribution in [3.8, 4) is 5.75 Å². The van der Waals surface area contributed by atoms with Gasteiger partial charge in [-0.25, -0.2) is 0 Å². The molecule has 1 aromatic rings. The topological polar surface area (TPSA) is 29.5 Å². The van der Waals surface area contributed by atoms with Crippen LogP contribution >= 0.6 is 11.6 Å². The first-order chi connectivity index (χ1) is 7.50. The van der Waals surface area contributed by atoms with Gasteiger partial charge in [0.1, 0.15) is 5.75 Å². The highest BCUT2D eigenvalue weighted by Gasteiger charge is 2.26. The molecule has 0 radical (unpaired) electrons. The number of anilines is 1. The summed E-state index contributed by atoms with van der Waals surface area (Å²) in [5.74, 6) is 1.04. The van der Waals surface area contributed by atoms with Gasteiger partial charge >= 0.3 is 0 Å². The van der Waals surface area contributed by atoms with Crippen LogP contribution < -0.4 is 9.64 Å². The summed E-state index contributed by atoms with van der Waals surface area (Å²) >= 11 is 6.05. The standard InChI is InChI=1S/C12H14ClNO2/c1-7(2)9-4-8(13)5-10-12(9)16-6-11(15)14(10)3/h4-5,7H,6H2,1-3H3. The molecule has 86 valence electrons. The van der Waals surface area contributed by atoms with Gasteiger partial charge in [0.05, 0.1) is 5.69 Å². The Labute approximate surface area is 100.0 Å². The highest BCUT2D eigenvalue weighted by Crippen LogP contribution is 2.40. The van der Waals surface area contributed by atoms with Crippen LogP contribution in [0.2, 0.25) is 5.02 Å². The predicted molar refractivity (Wildman–Crippen MR) is 64.4 cm³/mol. The lowest BCUT2D eigenvalue weighted by Gasteiger charge is -2.28. The number of likely N-dealkylation sites (N-methyl/N-ethyl adjacent to an activating group) is 1. The van der Waals surface area contributed by atoms with Crippen molar-refractivity contribution in [2.45, 2.75) is 19.8 Å². The first-order valence-corrected chi connectivity index (χ1v) is 5.61. The Kier molecular flexibility index (Phi) is 2.80. The Hall–Kier alpha value is -1.22. The number of halogens is 1. The molecule has 0 aromatic heterocycles. The largest absolute Gasteiger partial charge is 0.481 e. The fraction of sp³-hybridized carbons (Fsp3) is 0.417. The maximum Gasteiger partial charge on any atom is 0.264 e. The summed E-state index contributed by atoms with van der Waals surface area (Å²) in [6, 6.07) is 3.66. The maximum atomic E-state index is 11.5. The van der Waals surface area contributed by atoms with E-state index in [1.807, 2.05) is 6.07 Å². The summed E-state index contributed by atoms with van der Waals surface area (Å²) in [4.78, 5) is 13.1. The molecule has 0 bridgehead atoms. The molecule has 0 saturated heterocycles. The molecule has 1 heterocycles. The average Bonchev–Trinajstić information content (AvgIpc) is 2.23. The van der Waals surface area contributed by atoms with Gasteiger partial charge in [-0.3, -0.25) is 4.79 Å². The smallest absolute Gasteiger partial charge is 0.264 e. The Balaban J connectivity index is 2.60. The number of amides is 1. The molecule has 1 amide bonds. The number of carbonyl (C=O) groups is 1. The van der Waals surface area contributed by atoms with E-state index >= 15 is 0 Å². The number of hydrogen-bond acceptors (Lipinski definition) is 2. The number of benzene rings is 1. The molecule has 0 fully saturated rings. The minimum absolute atomic E-state index is 0.0514. The zero-order chi connectivity index (χ0) is 11.9. The second-order valence-electron chi connectivity index (χ2n) is 4.24. The maximum absolute atomic E-state index is 11.5. The third-order valence-corrected chi connectivity index (χ3v) is 2.98. The van der Waals surface area contributed by atoms with Crippen LogP contribution in [-0.2, 0) is 4.79 Å². The third kappa shape index (κ3) is 1.76. The lowest BCUT2D eigenvalue weighted by Crippen LogP contribution is -2.35. The molecule has 1 aromatic carbocycles. The Bertz CT molecular complexity index is 443. The predicted octanol–water partition coefficient (Wildman–Crippen LogP) is 2.82. The van der Waals surface area contributed by atoms with E-state index in [9.17, 15) is 4.79 Å². The summed E-state index contributed by atoms with van der Waals surface area (Å²) in [5, 5.41) is 0.632. The Morgan fingerprint density at radius 1 is 1.44 bits per heavy atom. The van der Waals surface area contributed by atoms with Gasteiger partial charge in [-0.1, -0.05) is 25.4 Å². The lowest BCUT2D eigenvalue weighted by atomic mass is 10.0. The fourth-order valence-electron chi connectivity index (χ4n) is 1.80. The van der Waals surface area contributed by atoms with Crippen LogP contribution in [0.15, 0.2) is 12.1 Å². The minimum atomic E-state index is -0.0514. The molecule has 0 spiro atoms. The molecule has 1 aliphatic rings. The second-order valence-corrected chi connectivity index (χ2v) is 4.68. The van der Waals surface area contributed by atoms with E-state index in [1.54, 1.807) is 18.0 Å². The van der Waals surface area contributed by atoms with Crippen molar-refractivity contribution < 1.29 is 9.53 Å². The first-order valence-electron chi connectivity index (χ1n) is 5.23. The monoisotopic (exact) mass is 239 g/mol. The Morgan fingerprint density at radius 3 is 2.75 bits per heavy atom. The lowest BCUT2D eigenvalue weighted by molar-refractivity contribution is -0.121. The van der Waals surface area contributed by atoms with E-state index in [4.69, 9.17) is 16.3 Å². The quantitative estimate of drug-likeness (QED) is 0.754.